The number of nitrogens with one attached hydrogen (secondary N) is 1. The molecule has 0 aromatic carbocycles. The van der Waals surface area contributed by atoms with Crippen LogP contribution in [-0.4, -0.2) is 24.7 Å². The van der Waals surface area contributed by atoms with Crippen molar-refractivity contribution in [1.82, 2.24) is 24.7 Å². The van der Waals surface area contributed by atoms with Gasteiger partial charge in [0.15, 0.2) is 5.82 Å². The monoisotopic (exact) mass is 233 g/mol. The van der Waals surface area contributed by atoms with Crippen molar-refractivity contribution in [2.45, 2.75) is 26.7 Å². The van der Waals surface area contributed by atoms with Crippen LogP contribution in [0.25, 0.3) is 5.82 Å². The molecule has 0 saturated heterocycles. The molecular weight excluding hydrogens is 218 g/mol. The minimum absolute atomic E-state index is 0.213. The van der Waals surface area contributed by atoms with Crippen molar-refractivity contribution in [3.63, 3.8) is 0 Å². The van der Waals surface area contributed by atoms with Crippen molar-refractivity contribution >= 4 is 5.82 Å². The fourth-order valence-corrected chi connectivity index (χ4v) is 1.46. The Kier molecular flexibility index (Phi) is 3.01. The molecule has 0 saturated carbocycles. The smallest absolute Gasteiger partial charge is 0.163 e. The second kappa shape index (κ2) is 4.46. The lowest BCUT2D eigenvalue weighted by Gasteiger charge is -2.12. The van der Waals surface area contributed by atoms with Gasteiger partial charge in [-0.15, -0.1) is 0 Å². The average Bonchev–Trinajstić information content (AvgIpc) is 2.82. The third kappa shape index (κ3) is 2.09. The molecule has 0 amide bonds. The Morgan fingerprint density at radius 3 is 2.65 bits per heavy atom. The Morgan fingerprint density at radius 2 is 2.12 bits per heavy atom. The Hall–Kier alpha value is -2.02. The molecule has 0 atom stereocenters. The zero-order valence-corrected chi connectivity index (χ0v) is 10.0. The van der Waals surface area contributed by atoms with Gasteiger partial charge < -0.3 is 5.43 Å². The van der Waals surface area contributed by atoms with Gasteiger partial charge >= 0.3 is 0 Å². The molecule has 90 valence electrons. The summed E-state index contributed by atoms with van der Waals surface area (Å²) in [6, 6.07) is 0. The number of nitrogens with two attached hydrogens (primary N) is 1. The highest BCUT2D eigenvalue weighted by Gasteiger charge is 2.14. The van der Waals surface area contributed by atoms with Crippen LogP contribution >= 0.6 is 0 Å². The van der Waals surface area contributed by atoms with Gasteiger partial charge in [0.05, 0.1) is 0 Å². The molecule has 0 fully saturated rings. The second-order valence-electron chi connectivity index (χ2n) is 4.02. The molecule has 0 aliphatic heterocycles. The summed E-state index contributed by atoms with van der Waals surface area (Å²) in [6.07, 6.45) is 3.06. The van der Waals surface area contributed by atoms with Crippen LogP contribution in [0.15, 0.2) is 12.7 Å². The normalized spacial score (nSPS) is 10.9. The number of aromatic nitrogens is 5. The first-order chi connectivity index (χ1) is 8.13. The van der Waals surface area contributed by atoms with Crippen molar-refractivity contribution in [3.05, 3.63) is 24.0 Å². The maximum Gasteiger partial charge on any atom is 0.163 e. The average molecular weight is 233 g/mol. The van der Waals surface area contributed by atoms with Crippen LogP contribution in [0.3, 0.4) is 0 Å². The van der Waals surface area contributed by atoms with E-state index in [4.69, 9.17) is 5.84 Å². The van der Waals surface area contributed by atoms with Crippen LogP contribution in [0.1, 0.15) is 31.2 Å². The lowest BCUT2D eigenvalue weighted by atomic mass is 10.2. The zero-order chi connectivity index (χ0) is 12.4. The summed E-state index contributed by atoms with van der Waals surface area (Å²) in [7, 11) is 0. The molecule has 0 spiro atoms. The molecule has 7 nitrogen and oxygen atoms in total. The van der Waals surface area contributed by atoms with E-state index >= 15 is 0 Å². The van der Waals surface area contributed by atoms with Crippen LogP contribution in [0.4, 0.5) is 5.82 Å². The van der Waals surface area contributed by atoms with Gasteiger partial charge in [-0.2, -0.15) is 5.10 Å². The fraction of sp³-hybridized carbons (Fsp3) is 0.400. The summed E-state index contributed by atoms with van der Waals surface area (Å²) in [6.45, 7) is 5.93. The molecule has 17 heavy (non-hydrogen) atoms. The van der Waals surface area contributed by atoms with E-state index in [2.05, 4.69) is 25.5 Å². The molecule has 0 aliphatic rings. The highest BCUT2D eigenvalue weighted by molar-refractivity contribution is 5.50. The topological polar surface area (TPSA) is 94.5 Å². The minimum Gasteiger partial charge on any atom is -0.308 e. The van der Waals surface area contributed by atoms with Crippen molar-refractivity contribution in [1.29, 1.82) is 0 Å². The van der Waals surface area contributed by atoms with Gasteiger partial charge in [0, 0.05) is 11.5 Å². The van der Waals surface area contributed by atoms with E-state index in [-0.39, 0.29) is 5.92 Å². The van der Waals surface area contributed by atoms with E-state index in [0.29, 0.717) is 17.5 Å². The lowest BCUT2D eigenvalue weighted by Crippen LogP contribution is -2.16. The first kappa shape index (κ1) is 11.5. The van der Waals surface area contributed by atoms with Crippen LogP contribution < -0.4 is 11.3 Å². The Balaban J connectivity index is 2.61. The van der Waals surface area contributed by atoms with Gasteiger partial charge in [0.2, 0.25) is 0 Å². The first-order valence-electron chi connectivity index (χ1n) is 5.33. The number of hydrogen-bond acceptors (Lipinski definition) is 6. The molecular formula is C10H15N7. The Bertz CT molecular complexity index is 504. The highest BCUT2D eigenvalue weighted by atomic mass is 15.4. The van der Waals surface area contributed by atoms with E-state index in [1.165, 1.54) is 6.33 Å². The van der Waals surface area contributed by atoms with E-state index < -0.39 is 0 Å². The molecule has 2 rings (SSSR count). The molecule has 3 N–H and O–H groups in total. The largest absolute Gasteiger partial charge is 0.308 e. The van der Waals surface area contributed by atoms with Crippen LogP contribution in [0.5, 0.6) is 0 Å². The first-order valence-corrected chi connectivity index (χ1v) is 5.33. The van der Waals surface area contributed by atoms with Gasteiger partial charge in [0.25, 0.3) is 0 Å². The number of hydrogen-bond donors (Lipinski definition) is 2. The molecule has 2 heterocycles. The summed E-state index contributed by atoms with van der Waals surface area (Å²) in [5, 5.41) is 4.07. The van der Waals surface area contributed by atoms with Crippen LogP contribution in [0.2, 0.25) is 0 Å². The number of rotatable bonds is 3. The summed E-state index contributed by atoms with van der Waals surface area (Å²) < 4.78 is 1.60. The SMILES string of the molecule is Cc1c(NN)nc(C(C)C)nc1-n1cncn1. The third-order valence-electron chi connectivity index (χ3n) is 2.43. The van der Waals surface area contributed by atoms with Crippen LogP contribution in [0, 0.1) is 6.92 Å². The lowest BCUT2D eigenvalue weighted by molar-refractivity contribution is 0.740. The zero-order valence-electron chi connectivity index (χ0n) is 10.0. The molecule has 0 bridgehead atoms. The highest BCUT2D eigenvalue weighted by Crippen LogP contribution is 2.20. The molecule has 0 unspecified atom stereocenters. The van der Waals surface area contributed by atoms with Gasteiger partial charge in [0.1, 0.15) is 24.3 Å². The minimum atomic E-state index is 0.213. The summed E-state index contributed by atoms with van der Waals surface area (Å²) in [5.41, 5.74) is 3.42. The van der Waals surface area contributed by atoms with E-state index in [1.807, 2.05) is 20.8 Å². The molecule has 2 aromatic rings. The third-order valence-corrected chi connectivity index (χ3v) is 2.43. The summed E-state index contributed by atoms with van der Waals surface area (Å²) in [5.74, 6) is 7.68. The van der Waals surface area contributed by atoms with Crippen molar-refractivity contribution in [3.8, 4) is 5.82 Å². The fourth-order valence-electron chi connectivity index (χ4n) is 1.46. The number of anilines is 1. The van der Waals surface area contributed by atoms with Gasteiger partial charge in [-0.1, -0.05) is 13.8 Å². The maximum absolute atomic E-state index is 5.46. The van der Waals surface area contributed by atoms with Gasteiger partial charge in [-0.25, -0.2) is 25.5 Å². The van der Waals surface area contributed by atoms with E-state index in [1.54, 1.807) is 11.0 Å². The van der Waals surface area contributed by atoms with Crippen molar-refractivity contribution in [2.75, 3.05) is 5.43 Å². The van der Waals surface area contributed by atoms with E-state index in [0.717, 1.165) is 5.56 Å². The predicted molar refractivity (Wildman–Crippen MR) is 63.6 cm³/mol. The molecule has 0 radical (unpaired) electrons. The van der Waals surface area contributed by atoms with Gasteiger partial charge in [-0.05, 0) is 6.92 Å². The Labute approximate surface area is 99.1 Å². The van der Waals surface area contributed by atoms with Crippen LogP contribution in [-0.2, 0) is 0 Å². The Morgan fingerprint density at radius 1 is 1.35 bits per heavy atom. The predicted octanol–water partition coefficient (Wildman–Crippen LogP) is 0.775. The maximum atomic E-state index is 5.46. The summed E-state index contributed by atoms with van der Waals surface area (Å²) >= 11 is 0. The van der Waals surface area contributed by atoms with Gasteiger partial charge in [-0.3, -0.25) is 0 Å². The number of hydrazine groups is 1. The van der Waals surface area contributed by atoms with E-state index in [9.17, 15) is 0 Å². The van der Waals surface area contributed by atoms with Crippen molar-refractivity contribution in [2.24, 2.45) is 5.84 Å². The summed E-state index contributed by atoms with van der Waals surface area (Å²) in [4.78, 5) is 12.7. The number of nitrogen functional groups attached to an aromatic ring is 1. The van der Waals surface area contributed by atoms with Crippen molar-refractivity contribution < 1.29 is 0 Å². The molecule has 2 aromatic heterocycles. The number of nitrogens with zero attached hydrogens (tertiary/aromatic N) is 5. The molecule has 0 aliphatic carbocycles. The standard InChI is InChI=1S/C10H15N7/c1-6(2)8-14-9(16-11)7(3)10(15-8)17-5-12-4-13-17/h4-6H,11H2,1-3H3,(H,14,15,16). The quantitative estimate of drug-likeness (QED) is 0.600. The molecule has 7 heteroatoms. The second-order valence-corrected chi connectivity index (χ2v) is 4.02.